The number of benzene rings is 4. The third kappa shape index (κ3) is 2.84. The zero-order valence-electron chi connectivity index (χ0n) is 15.8. The SMILES string of the molecule is S=P1(OP2Oc3ccccc3-c3ccccc32)Oc2ccccc2-c2ccccc21. The Morgan fingerprint density at radius 1 is 0.633 bits per heavy atom. The molecule has 2 unspecified atom stereocenters. The molecule has 2 heterocycles. The number of hydrogen-bond acceptors (Lipinski definition) is 4. The minimum atomic E-state index is -2.83. The minimum Gasteiger partial charge on any atom is -0.443 e. The maximum Gasteiger partial charge on any atom is 0.275 e. The maximum atomic E-state index is 6.63. The van der Waals surface area contributed by atoms with Crippen LogP contribution in [0.15, 0.2) is 97.1 Å². The third-order valence-electron chi connectivity index (χ3n) is 5.24. The highest BCUT2D eigenvalue weighted by atomic mass is 32.5. The summed E-state index contributed by atoms with van der Waals surface area (Å²) in [6.45, 7) is -2.83. The summed E-state index contributed by atoms with van der Waals surface area (Å²) in [6, 6.07) is 32.3. The Balaban J connectivity index is 1.47. The first-order valence-electron chi connectivity index (χ1n) is 9.58. The fraction of sp³-hybridized carbons (Fsp3) is 0. The normalized spacial score (nSPS) is 20.6. The van der Waals surface area contributed by atoms with Crippen LogP contribution in [0.2, 0.25) is 0 Å². The molecule has 0 fully saturated rings. The molecule has 6 heteroatoms. The Bertz CT molecular complexity index is 1340. The van der Waals surface area contributed by atoms with Gasteiger partial charge >= 0.3 is 0 Å². The van der Waals surface area contributed by atoms with Gasteiger partial charge in [0.1, 0.15) is 11.5 Å². The van der Waals surface area contributed by atoms with Crippen molar-refractivity contribution in [2.75, 3.05) is 0 Å². The fourth-order valence-electron chi connectivity index (χ4n) is 3.87. The first kappa shape index (κ1) is 18.3. The third-order valence-corrected chi connectivity index (χ3v) is 10.7. The molecule has 0 bridgehead atoms. The molecule has 4 aromatic rings. The van der Waals surface area contributed by atoms with Crippen molar-refractivity contribution >= 4 is 37.3 Å². The molecule has 30 heavy (non-hydrogen) atoms. The predicted octanol–water partition coefficient (Wildman–Crippen LogP) is 6.39. The molecule has 2 atom stereocenters. The molecule has 0 amide bonds. The van der Waals surface area contributed by atoms with E-state index in [1.165, 1.54) is 0 Å². The van der Waals surface area contributed by atoms with E-state index in [-0.39, 0.29) is 0 Å². The maximum absolute atomic E-state index is 6.63. The van der Waals surface area contributed by atoms with E-state index in [9.17, 15) is 0 Å². The van der Waals surface area contributed by atoms with Crippen LogP contribution in [-0.2, 0) is 16.1 Å². The van der Waals surface area contributed by atoms with Gasteiger partial charge in [0.2, 0.25) is 0 Å². The van der Waals surface area contributed by atoms with Gasteiger partial charge in [-0.25, -0.2) is 0 Å². The Morgan fingerprint density at radius 2 is 1.20 bits per heavy atom. The smallest absolute Gasteiger partial charge is 0.275 e. The second kappa shape index (κ2) is 7.04. The molecule has 0 saturated heterocycles. The first-order chi connectivity index (χ1) is 14.7. The summed E-state index contributed by atoms with van der Waals surface area (Å²) < 4.78 is 19.4. The topological polar surface area (TPSA) is 27.7 Å². The van der Waals surface area contributed by atoms with Crippen LogP contribution in [0.25, 0.3) is 22.3 Å². The summed E-state index contributed by atoms with van der Waals surface area (Å²) in [5.41, 5.74) is 4.31. The van der Waals surface area contributed by atoms with Gasteiger partial charge in [-0.3, -0.25) is 4.31 Å². The van der Waals surface area contributed by atoms with Crippen LogP contribution >= 0.6 is 14.9 Å². The van der Waals surface area contributed by atoms with Crippen LogP contribution in [0.4, 0.5) is 0 Å². The van der Waals surface area contributed by atoms with Crippen LogP contribution in [0.3, 0.4) is 0 Å². The van der Waals surface area contributed by atoms with Gasteiger partial charge in [-0.2, -0.15) is 0 Å². The number of fused-ring (bicyclic) bond motifs is 6. The standard InChI is InChI=1S/C24H16O3P2S/c30-29(24-16-8-4-12-20(24)18-10-2-6-14-22(18)26-29)27-28-23-15-7-3-11-19(23)17-9-1-5-13-21(17)25-28/h1-16H. The van der Waals surface area contributed by atoms with Crippen molar-refractivity contribution in [2.24, 2.45) is 0 Å². The molecule has 0 aliphatic carbocycles. The van der Waals surface area contributed by atoms with E-state index >= 15 is 0 Å². The van der Waals surface area contributed by atoms with Crippen molar-refractivity contribution < 1.29 is 13.4 Å². The van der Waals surface area contributed by atoms with Crippen molar-refractivity contribution in [3.63, 3.8) is 0 Å². The summed E-state index contributed by atoms with van der Waals surface area (Å²) in [7, 11) is -1.44. The van der Waals surface area contributed by atoms with Crippen LogP contribution in [0.1, 0.15) is 0 Å². The zero-order valence-corrected chi connectivity index (χ0v) is 18.4. The van der Waals surface area contributed by atoms with E-state index in [0.29, 0.717) is 0 Å². The largest absolute Gasteiger partial charge is 0.443 e. The predicted molar refractivity (Wildman–Crippen MR) is 127 cm³/mol. The average molecular weight is 446 g/mol. The van der Waals surface area contributed by atoms with Gasteiger partial charge in [0.05, 0.1) is 10.6 Å². The average Bonchev–Trinajstić information content (AvgIpc) is 2.79. The second-order valence-corrected chi connectivity index (χ2v) is 12.0. The molecule has 6 rings (SSSR count). The lowest BCUT2D eigenvalue weighted by Crippen LogP contribution is -2.22. The molecule has 4 aromatic carbocycles. The summed E-state index contributed by atoms with van der Waals surface area (Å²) >= 11 is 6.10. The number of para-hydroxylation sites is 2. The molecule has 0 radical (unpaired) electrons. The second-order valence-electron chi connectivity index (χ2n) is 7.05. The highest BCUT2D eigenvalue weighted by molar-refractivity contribution is 8.15. The Hall–Kier alpha value is -2.48. The summed E-state index contributed by atoms with van der Waals surface area (Å²) in [6.07, 6.45) is 0. The molecule has 2 aliphatic heterocycles. The molecule has 3 nitrogen and oxygen atoms in total. The monoisotopic (exact) mass is 446 g/mol. The van der Waals surface area contributed by atoms with Crippen LogP contribution in [0.5, 0.6) is 11.5 Å². The van der Waals surface area contributed by atoms with Crippen molar-refractivity contribution in [1.29, 1.82) is 0 Å². The lowest BCUT2D eigenvalue weighted by atomic mass is 10.0. The molecular formula is C24H16O3P2S. The van der Waals surface area contributed by atoms with Crippen molar-refractivity contribution in [3.05, 3.63) is 97.1 Å². The van der Waals surface area contributed by atoms with Gasteiger partial charge < -0.3 is 9.05 Å². The fourth-order valence-corrected chi connectivity index (χ4v) is 9.20. The summed E-state index contributed by atoms with van der Waals surface area (Å²) in [5.74, 6) is 1.58. The first-order valence-corrected chi connectivity index (χ1v) is 13.4. The van der Waals surface area contributed by atoms with E-state index in [4.69, 9.17) is 25.2 Å². The highest BCUT2D eigenvalue weighted by Gasteiger charge is 2.39. The van der Waals surface area contributed by atoms with Crippen LogP contribution < -0.4 is 19.7 Å². The Kier molecular flexibility index (Phi) is 4.30. The van der Waals surface area contributed by atoms with Gasteiger partial charge in [0.15, 0.2) is 0 Å². The summed E-state index contributed by atoms with van der Waals surface area (Å²) in [5, 5.41) is 1.96. The molecule has 0 aromatic heterocycles. The van der Waals surface area contributed by atoms with E-state index in [1.807, 2.05) is 66.7 Å². The van der Waals surface area contributed by atoms with Gasteiger partial charge in [-0.15, -0.1) is 0 Å². The van der Waals surface area contributed by atoms with Crippen molar-refractivity contribution in [2.45, 2.75) is 0 Å². The molecule has 0 saturated carbocycles. The highest BCUT2D eigenvalue weighted by Crippen LogP contribution is 2.64. The Morgan fingerprint density at radius 3 is 2.00 bits per heavy atom. The van der Waals surface area contributed by atoms with Gasteiger partial charge in [0.25, 0.3) is 14.9 Å². The number of rotatable bonds is 2. The van der Waals surface area contributed by atoms with E-state index in [1.54, 1.807) is 0 Å². The Labute approximate surface area is 181 Å². The van der Waals surface area contributed by atoms with E-state index in [2.05, 4.69) is 30.3 Å². The number of hydrogen-bond donors (Lipinski definition) is 0. The summed E-state index contributed by atoms with van der Waals surface area (Å²) in [4.78, 5) is 0. The lowest BCUT2D eigenvalue weighted by Gasteiger charge is -2.34. The minimum absolute atomic E-state index is 0.764. The lowest BCUT2D eigenvalue weighted by molar-refractivity contribution is 0.475. The molecule has 2 aliphatic rings. The molecule has 0 N–H and O–H groups in total. The zero-order chi connectivity index (χ0) is 20.1. The van der Waals surface area contributed by atoms with Crippen molar-refractivity contribution in [3.8, 4) is 33.8 Å². The van der Waals surface area contributed by atoms with Gasteiger partial charge in [0, 0.05) is 11.1 Å². The van der Waals surface area contributed by atoms with Crippen LogP contribution in [-0.4, -0.2) is 0 Å². The van der Waals surface area contributed by atoms with Crippen LogP contribution in [0, 0.1) is 0 Å². The molecule has 146 valence electrons. The van der Waals surface area contributed by atoms with Crippen molar-refractivity contribution in [1.82, 2.24) is 0 Å². The van der Waals surface area contributed by atoms with E-state index in [0.717, 1.165) is 44.4 Å². The molecule has 0 spiro atoms. The van der Waals surface area contributed by atoms with E-state index < -0.39 is 14.9 Å². The molecular weight excluding hydrogens is 430 g/mol. The van der Waals surface area contributed by atoms with Gasteiger partial charge in [-0.05, 0) is 47.2 Å². The van der Waals surface area contributed by atoms with Gasteiger partial charge in [-0.1, -0.05) is 72.8 Å². The quantitative estimate of drug-likeness (QED) is 0.333.